The van der Waals surface area contributed by atoms with Crippen molar-refractivity contribution in [3.63, 3.8) is 0 Å². The van der Waals surface area contributed by atoms with Crippen LogP contribution in [0.15, 0.2) is 30.5 Å². The first-order valence-electron chi connectivity index (χ1n) is 12.7. The first kappa shape index (κ1) is 28.9. The molecule has 1 aliphatic rings. The maximum Gasteiger partial charge on any atom is 0.410 e. The van der Waals surface area contributed by atoms with Crippen molar-refractivity contribution in [3.8, 4) is 5.75 Å². The number of hydrogen-bond acceptors (Lipinski definition) is 7. The van der Waals surface area contributed by atoms with Gasteiger partial charge in [0.05, 0.1) is 16.8 Å². The Morgan fingerprint density at radius 2 is 1.87 bits per heavy atom. The van der Waals surface area contributed by atoms with E-state index >= 15 is 0 Å². The van der Waals surface area contributed by atoms with Gasteiger partial charge in [0.15, 0.2) is 6.10 Å². The third-order valence-electron chi connectivity index (χ3n) is 6.33. The second kappa shape index (κ2) is 11.8. The highest BCUT2D eigenvalue weighted by molar-refractivity contribution is 6.00. The van der Waals surface area contributed by atoms with Gasteiger partial charge in [-0.15, -0.1) is 0 Å². The van der Waals surface area contributed by atoms with E-state index < -0.39 is 23.6 Å². The van der Waals surface area contributed by atoms with Crippen LogP contribution in [0.5, 0.6) is 5.75 Å². The molecule has 2 aromatic rings. The molecule has 206 valence electrons. The van der Waals surface area contributed by atoms with Crippen molar-refractivity contribution in [2.75, 3.05) is 33.2 Å². The molecule has 2 heterocycles. The lowest BCUT2D eigenvalue weighted by atomic mass is 10.0. The SMILES string of the molecule is CNC(=O)c1cc(C(=O)O)c(C)cc1O[C@H](CN1CCN(C(=O)OC(C)(C)C)[C@H](C)C1)c1ccc(C)cn1. The normalized spacial score (nSPS) is 17.0. The Hall–Kier alpha value is -3.66. The van der Waals surface area contributed by atoms with E-state index in [1.165, 1.54) is 13.1 Å². The number of pyridine rings is 1. The largest absolute Gasteiger partial charge is 0.482 e. The number of nitrogens with zero attached hydrogens (tertiary/aromatic N) is 3. The minimum Gasteiger partial charge on any atom is -0.482 e. The maximum absolute atomic E-state index is 12.7. The van der Waals surface area contributed by atoms with Crippen molar-refractivity contribution in [2.45, 2.75) is 59.3 Å². The molecule has 1 fully saturated rings. The molecule has 0 unspecified atom stereocenters. The highest BCUT2D eigenvalue weighted by atomic mass is 16.6. The van der Waals surface area contributed by atoms with E-state index in [1.807, 2.05) is 46.8 Å². The van der Waals surface area contributed by atoms with Gasteiger partial charge in [0.25, 0.3) is 5.91 Å². The summed E-state index contributed by atoms with van der Waals surface area (Å²) >= 11 is 0. The Bertz CT molecular complexity index is 1180. The van der Waals surface area contributed by atoms with E-state index in [0.29, 0.717) is 37.4 Å². The molecule has 2 N–H and O–H groups in total. The monoisotopic (exact) mass is 526 g/mol. The van der Waals surface area contributed by atoms with Gasteiger partial charge in [-0.3, -0.25) is 14.7 Å². The van der Waals surface area contributed by atoms with E-state index in [4.69, 9.17) is 9.47 Å². The molecule has 0 saturated carbocycles. The molecule has 0 bridgehead atoms. The number of nitrogens with one attached hydrogen (secondary N) is 1. The smallest absolute Gasteiger partial charge is 0.410 e. The van der Waals surface area contributed by atoms with Crippen LogP contribution in [-0.4, -0.2) is 82.7 Å². The number of rotatable bonds is 7. The number of aromatic nitrogens is 1. The molecular formula is C28H38N4O6. The van der Waals surface area contributed by atoms with E-state index in [1.54, 1.807) is 24.1 Å². The molecule has 38 heavy (non-hydrogen) atoms. The van der Waals surface area contributed by atoms with Crippen LogP contribution in [0.3, 0.4) is 0 Å². The second-order valence-corrected chi connectivity index (χ2v) is 10.7. The zero-order valence-corrected chi connectivity index (χ0v) is 23.2. The van der Waals surface area contributed by atoms with E-state index in [-0.39, 0.29) is 29.0 Å². The Morgan fingerprint density at radius 1 is 1.16 bits per heavy atom. The van der Waals surface area contributed by atoms with Crippen molar-refractivity contribution < 1.29 is 29.0 Å². The summed E-state index contributed by atoms with van der Waals surface area (Å²) in [7, 11) is 1.48. The number of benzene rings is 1. The third kappa shape index (κ3) is 7.22. The molecule has 10 nitrogen and oxygen atoms in total. The number of ether oxygens (including phenoxy) is 2. The number of piperazine rings is 1. The summed E-state index contributed by atoms with van der Waals surface area (Å²) < 4.78 is 12.0. The van der Waals surface area contributed by atoms with Crippen molar-refractivity contribution >= 4 is 18.0 Å². The van der Waals surface area contributed by atoms with Gasteiger partial charge in [-0.2, -0.15) is 0 Å². The minimum atomic E-state index is -1.12. The molecular weight excluding hydrogens is 488 g/mol. The van der Waals surface area contributed by atoms with Crippen LogP contribution in [0.25, 0.3) is 0 Å². The van der Waals surface area contributed by atoms with Gasteiger partial charge < -0.3 is 24.8 Å². The summed E-state index contributed by atoms with van der Waals surface area (Å²) in [4.78, 5) is 45.5. The number of aryl methyl sites for hydroxylation is 2. The number of carboxylic acids is 1. The Balaban J connectivity index is 1.88. The van der Waals surface area contributed by atoms with Crippen LogP contribution in [0.4, 0.5) is 4.79 Å². The summed E-state index contributed by atoms with van der Waals surface area (Å²) in [6.07, 6.45) is 0.879. The molecule has 3 rings (SSSR count). The molecule has 1 aliphatic heterocycles. The van der Waals surface area contributed by atoms with E-state index in [0.717, 1.165) is 5.56 Å². The zero-order chi connectivity index (χ0) is 28.2. The van der Waals surface area contributed by atoms with Crippen LogP contribution in [-0.2, 0) is 4.74 Å². The lowest BCUT2D eigenvalue weighted by Crippen LogP contribution is -2.55. The molecule has 10 heteroatoms. The van der Waals surface area contributed by atoms with Gasteiger partial charge in [-0.05, 0) is 70.9 Å². The Labute approximate surface area is 223 Å². The summed E-state index contributed by atoms with van der Waals surface area (Å²) in [6, 6.07) is 6.67. The summed E-state index contributed by atoms with van der Waals surface area (Å²) in [6.45, 7) is 13.3. The first-order chi connectivity index (χ1) is 17.8. The van der Waals surface area contributed by atoms with Gasteiger partial charge in [0.1, 0.15) is 11.4 Å². The number of amides is 2. The Kier molecular flexibility index (Phi) is 8.98. The number of carbonyl (C=O) groups excluding carboxylic acids is 2. The summed E-state index contributed by atoms with van der Waals surface area (Å²) in [5.41, 5.74) is 1.76. The first-order valence-corrected chi connectivity index (χ1v) is 12.7. The van der Waals surface area contributed by atoms with Crippen molar-refractivity contribution in [1.29, 1.82) is 0 Å². The van der Waals surface area contributed by atoms with Crippen molar-refractivity contribution in [3.05, 3.63) is 58.4 Å². The average Bonchev–Trinajstić information content (AvgIpc) is 2.82. The fourth-order valence-electron chi connectivity index (χ4n) is 4.36. The quantitative estimate of drug-likeness (QED) is 0.559. The summed E-state index contributed by atoms with van der Waals surface area (Å²) in [5, 5.41) is 12.1. The fourth-order valence-corrected chi connectivity index (χ4v) is 4.36. The molecule has 1 aromatic carbocycles. The van der Waals surface area contributed by atoms with Crippen molar-refractivity contribution in [2.24, 2.45) is 0 Å². The zero-order valence-electron chi connectivity index (χ0n) is 23.2. The molecule has 1 saturated heterocycles. The van der Waals surface area contributed by atoms with Gasteiger partial charge in [-0.1, -0.05) is 6.07 Å². The highest BCUT2D eigenvalue weighted by Gasteiger charge is 2.33. The molecule has 2 atom stereocenters. The molecule has 0 radical (unpaired) electrons. The van der Waals surface area contributed by atoms with Crippen molar-refractivity contribution in [1.82, 2.24) is 20.1 Å². The molecule has 0 aliphatic carbocycles. The van der Waals surface area contributed by atoms with Gasteiger partial charge >= 0.3 is 12.1 Å². The minimum absolute atomic E-state index is 0.0352. The second-order valence-electron chi connectivity index (χ2n) is 10.7. The standard InChI is InChI=1S/C28H38N4O6/c1-17-8-9-22(30-14-17)24(16-31-10-11-32(19(3)15-31)27(36)38-28(4,5)6)37-23-12-18(2)20(26(34)35)13-21(23)25(33)29-7/h8-9,12-14,19,24H,10-11,15-16H2,1-7H3,(H,29,33)(H,34,35)/t19-,24-/m1/s1. The van der Waals surface area contributed by atoms with Crippen LogP contribution in [0, 0.1) is 13.8 Å². The Morgan fingerprint density at radius 3 is 2.42 bits per heavy atom. The number of carboxylic acid groups (broad SMARTS) is 1. The van der Waals surface area contributed by atoms with Crippen LogP contribution >= 0.6 is 0 Å². The summed E-state index contributed by atoms with van der Waals surface area (Å²) in [5.74, 6) is -1.29. The van der Waals surface area contributed by atoms with E-state index in [9.17, 15) is 19.5 Å². The number of carbonyl (C=O) groups is 3. The predicted octanol–water partition coefficient (Wildman–Crippen LogP) is 3.82. The number of hydrogen-bond donors (Lipinski definition) is 2. The lowest BCUT2D eigenvalue weighted by Gasteiger charge is -2.41. The van der Waals surface area contributed by atoms with Crippen LogP contribution < -0.4 is 10.1 Å². The predicted molar refractivity (Wildman–Crippen MR) is 143 cm³/mol. The fraction of sp³-hybridized carbons (Fsp3) is 0.500. The topological polar surface area (TPSA) is 121 Å². The molecule has 1 aromatic heterocycles. The third-order valence-corrected chi connectivity index (χ3v) is 6.33. The highest BCUT2D eigenvalue weighted by Crippen LogP contribution is 2.30. The van der Waals surface area contributed by atoms with Crippen LogP contribution in [0.1, 0.15) is 71.3 Å². The average molecular weight is 527 g/mol. The lowest BCUT2D eigenvalue weighted by molar-refractivity contribution is -0.00317. The van der Waals surface area contributed by atoms with E-state index in [2.05, 4.69) is 15.2 Å². The molecule has 0 spiro atoms. The van der Waals surface area contributed by atoms with Gasteiger partial charge in [0.2, 0.25) is 0 Å². The molecule has 2 amide bonds. The van der Waals surface area contributed by atoms with Crippen LogP contribution in [0.2, 0.25) is 0 Å². The maximum atomic E-state index is 12.7. The van der Waals surface area contributed by atoms with Gasteiger partial charge in [-0.25, -0.2) is 9.59 Å². The number of aromatic carboxylic acids is 1. The van der Waals surface area contributed by atoms with Gasteiger partial charge in [0, 0.05) is 45.5 Å².